The molecule has 1 aromatic carbocycles. The third-order valence-electron chi connectivity index (χ3n) is 3.91. The van der Waals surface area contributed by atoms with Crippen molar-refractivity contribution in [3.8, 4) is 0 Å². The van der Waals surface area contributed by atoms with E-state index in [0.29, 0.717) is 22.2 Å². The molecule has 3 nitrogen and oxygen atoms in total. The summed E-state index contributed by atoms with van der Waals surface area (Å²) in [5.41, 5.74) is 0.916. The van der Waals surface area contributed by atoms with Crippen molar-refractivity contribution in [2.24, 2.45) is 5.41 Å². The Bertz CT molecular complexity index is 447. The number of hydrogen-bond acceptors (Lipinski definition) is 3. The van der Waals surface area contributed by atoms with Crippen LogP contribution >= 0.6 is 23.2 Å². The van der Waals surface area contributed by atoms with Crippen LogP contribution in [0.4, 0.5) is 0 Å². The van der Waals surface area contributed by atoms with Gasteiger partial charge in [0, 0.05) is 41.9 Å². The average Bonchev–Trinajstić information content (AvgIpc) is 2.42. The first-order chi connectivity index (χ1) is 9.50. The fraction of sp³-hybridized carbons (Fsp3) is 0.600. The molecule has 0 amide bonds. The molecule has 0 spiro atoms. The van der Waals surface area contributed by atoms with Gasteiger partial charge in [-0.15, -0.1) is 0 Å². The van der Waals surface area contributed by atoms with E-state index in [9.17, 15) is 5.11 Å². The van der Waals surface area contributed by atoms with E-state index in [1.165, 1.54) is 0 Å². The fourth-order valence-electron chi connectivity index (χ4n) is 2.43. The lowest BCUT2D eigenvalue weighted by Gasteiger charge is -2.34. The summed E-state index contributed by atoms with van der Waals surface area (Å²) in [6.45, 7) is 5.23. The minimum atomic E-state index is -0.648. The van der Waals surface area contributed by atoms with E-state index in [-0.39, 0.29) is 5.41 Å². The molecule has 5 heteroatoms. The first-order valence-electron chi connectivity index (χ1n) is 6.92. The molecule has 1 aliphatic rings. The summed E-state index contributed by atoms with van der Waals surface area (Å²) in [7, 11) is 0. The van der Waals surface area contributed by atoms with Gasteiger partial charge >= 0.3 is 0 Å². The summed E-state index contributed by atoms with van der Waals surface area (Å²) >= 11 is 12.0. The second kappa shape index (κ2) is 7.10. The van der Waals surface area contributed by atoms with Crippen LogP contribution in [0.5, 0.6) is 0 Å². The summed E-state index contributed by atoms with van der Waals surface area (Å²) in [6.07, 6.45) is 1.45. The molecule has 1 unspecified atom stereocenters. The van der Waals surface area contributed by atoms with Gasteiger partial charge in [-0.2, -0.15) is 0 Å². The number of aliphatic hydroxyl groups excluding tert-OH is 1. The Labute approximate surface area is 130 Å². The summed E-state index contributed by atoms with van der Waals surface area (Å²) in [4.78, 5) is 0. The molecule has 1 atom stereocenters. The number of aliphatic hydroxyl groups is 1. The van der Waals surface area contributed by atoms with Crippen molar-refractivity contribution in [1.29, 1.82) is 0 Å². The molecule has 0 saturated carbocycles. The lowest BCUT2D eigenvalue weighted by atomic mass is 9.82. The molecule has 0 bridgehead atoms. The lowest BCUT2D eigenvalue weighted by Crippen LogP contribution is -2.38. The largest absolute Gasteiger partial charge is 0.387 e. The van der Waals surface area contributed by atoms with E-state index in [2.05, 4.69) is 12.2 Å². The molecule has 0 aliphatic carbocycles. The van der Waals surface area contributed by atoms with Crippen molar-refractivity contribution in [2.45, 2.75) is 25.9 Å². The highest BCUT2D eigenvalue weighted by Gasteiger charge is 2.27. The van der Waals surface area contributed by atoms with E-state index in [1.807, 2.05) is 0 Å². The van der Waals surface area contributed by atoms with Crippen LogP contribution in [-0.4, -0.2) is 31.4 Å². The van der Waals surface area contributed by atoms with E-state index in [1.54, 1.807) is 18.2 Å². The van der Waals surface area contributed by atoms with Crippen LogP contribution in [0.3, 0.4) is 0 Å². The molecule has 1 heterocycles. The highest BCUT2D eigenvalue weighted by Crippen LogP contribution is 2.29. The minimum absolute atomic E-state index is 0.246. The normalized spacial score (nSPS) is 19.8. The molecular formula is C15H21Cl2NO2. The minimum Gasteiger partial charge on any atom is -0.387 e. The average molecular weight is 318 g/mol. The quantitative estimate of drug-likeness (QED) is 0.874. The van der Waals surface area contributed by atoms with Gasteiger partial charge in [-0.25, -0.2) is 0 Å². The van der Waals surface area contributed by atoms with Gasteiger partial charge in [-0.3, -0.25) is 0 Å². The Morgan fingerprint density at radius 3 is 2.75 bits per heavy atom. The molecule has 0 aromatic heterocycles. The SMILES string of the molecule is CC1(CNCC(O)c2cc(Cl)ccc2Cl)CCOCC1. The van der Waals surface area contributed by atoms with Crippen LogP contribution < -0.4 is 5.32 Å². The Morgan fingerprint density at radius 2 is 2.05 bits per heavy atom. The summed E-state index contributed by atoms with van der Waals surface area (Å²) in [5.74, 6) is 0. The molecule has 0 radical (unpaired) electrons. The predicted molar refractivity (Wildman–Crippen MR) is 82.5 cm³/mol. The van der Waals surface area contributed by atoms with Crippen molar-refractivity contribution < 1.29 is 9.84 Å². The zero-order valence-electron chi connectivity index (χ0n) is 11.7. The zero-order chi connectivity index (χ0) is 14.6. The fourth-order valence-corrected chi connectivity index (χ4v) is 2.86. The highest BCUT2D eigenvalue weighted by molar-refractivity contribution is 6.33. The molecule has 2 N–H and O–H groups in total. The number of ether oxygens (including phenoxy) is 1. The molecule has 1 fully saturated rings. The second-order valence-electron chi connectivity index (χ2n) is 5.74. The molecule has 112 valence electrons. The molecular weight excluding hydrogens is 297 g/mol. The van der Waals surface area contributed by atoms with Gasteiger partial charge in [0.05, 0.1) is 6.10 Å². The van der Waals surface area contributed by atoms with Crippen LogP contribution in [0, 0.1) is 5.41 Å². The van der Waals surface area contributed by atoms with Crippen molar-refractivity contribution >= 4 is 23.2 Å². The third kappa shape index (κ3) is 4.34. The molecule has 1 aromatic rings. The number of rotatable bonds is 5. The van der Waals surface area contributed by atoms with Gasteiger partial charge in [0.1, 0.15) is 0 Å². The van der Waals surface area contributed by atoms with Crippen LogP contribution in [0.25, 0.3) is 0 Å². The first-order valence-corrected chi connectivity index (χ1v) is 7.67. The highest BCUT2D eigenvalue weighted by atomic mass is 35.5. The maximum atomic E-state index is 10.2. The number of nitrogens with one attached hydrogen (secondary N) is 1. The smallest absolute Gasteiger partial charge is 0.0929 e. The third-order valence-corrected chi connectivity index (χ3v) is 4.49. The van der Waals surface area contributed by atoms with Gasteiger partial charge in [0.2, 0.25) is 0 Å². The molecule has 2 rings (SSSR count). The Kier molecular flexibility index (Phi) is 5.70. The van der Waals surface area contributed by atoms with Crippen molar-refractivity contribution in [1.82, 2.24) is 5.32 Å². The molecule has 1 aliphatic heterocycles. The van der Waals surface area contributed by atoms with Gasteiger partial charge in [0.15, 0.2) is 0 Å². The van der Waals surface area contributed by atoms with Crippen LogP contribution in [-0.2, 0) is 4.74 Å². The standard InChI is InChI=1S/C15H21Cl2NO2/c1-15(4-6-20-7-5-15)10-18-9-14(19)12-8-11(16)2-3-13(12)17/h2-3,8,14,18-19H,4-7,9-10H2,1H3. The topological polar surface area (TPSA) is 41.5 Å². The van der Waals surface area contributed by atoms with Gasteiger partial charge in [-0.05, 0) is 36.5 Å². The van der Waals surface area contributed by atoms with Gasteiger partial charge in [0.25, 0.3) is 0 Å². The van der Waals surface area contributed by atoms with E-state index >= 15 is 0 Å². The number of benzene rings is 1. The van der Waals surface area contributed by atoms with Gasteiger partial charge < -0.3 is 15.2 Å². The molecule has 1 saturated heterocycles. The Balaban J connectivity index is 1.85. The van der Waals surface area contributed by atoms with Crippen LogP contribution in [0.2, 0.25) is 10.0 Å². The predicted octanol–water partition coefficient (Wildman–Crippen LogP) is 3.43. The van der Waals surface area contributed by atoms with E-state index < -0.39 is 6.10 Å². The second-order valence-corrected chi connectivity index (χ2v) is 6.58. The molecule has 20 heavy (non-hydrogen) atoms. The van der Waals surface area contributed by atoms with Crippen LogP contribution in [0.15, 0.2) is 18.2 Å². The Morgan fingerprint density at radius 1 is 1.35 bits per heavy atom. The zero-order valence-corrected chi connectivity index (χ0v) is 13.2. The number of hydrogen-bond donors (Lipinski definition) is 2. The monoisotopic (exact) mass is 317 g/mol. The van der Waals surface area contributed by atoms with Crippen molar-refractivity contribution in [2.75, 3.05) is 26.3 Å². The first kappa shape index (κ1) is 16.1. The van der Waals surface area contributed by atoms with E-state index in [0.717, 1.165) is 32.6 Å². The maximum Gasteiger partial charge on any atom is 0.0929 e. The lowest BCUT2D eigenvalue weighted by molar-refractivity contribution is 0.0227. The maximum absolute atomic E-state index is 10.2. The summed E-state index contributed by atoms with van der Waals surface area (Å²) < 4.78 is 5.38. The number of halogens is 2. The van der Waals surface area contributed by atoms with Crippen LogP contribution in [0.1, 0.15) is 31.4 Å². The summed E-state index contributed by atoms with van der Waals surface area (Å²) in [5, 5.41) is 14.7. The van der Waals surface area contributed by atoms with Crippen molar-refractivity contribution in [3.05, 3.63) is 33.8 Å². The summed E-state index contributed by atoms with van der Waals surface area (Å²) in [6, 6.07) is 5.14. The van der Waals surface area contributed by atoms with Crippen molar-refractivity contribution in [3.63, 3.8) is 0 Å². The van der Waals surface area contributed by atoms with E-state index in [4.69, 9.17) is 27.9 Å². The Hall–Kier alpha value is -0.320. The van der Waals surface area contributed by atoms with Gasteiger partial charge in [-0.1, -0.05) is 30.1 Å².